The fourth-order valence-corrected chi connectivity index (χ4v) is 3.13. The number of hydrogen-bond donors (Lipinski definition) is 2. The number of benzene rings is 2. The zero-order valence-electron chi connectivity index (χ0n) is 16.0. The van der Waals surface area contributed by atoms with Crippen LogP contribution in [-0.2, 0) is 9.59 Å². The molecule has 3 N–H and O–H groups in total. The standard InChI is InChI=1S/C20H23N3O4.ClH/c1-12-4-7-18(27-3)17(8-12)23-11-13(9-19(23)24)20(25)22-16-10-14(26-2)5-6-15(16)21;/h4-8,10,13H,9,11,21H2,1-3H3,(H,22,25);1H. The highest BCUT2D eigenvalue weighted by Gasteiger charge is 2.36. The van der Waals surface area contributed by atoms with E-state index >= 15 is 0 Å². The van der Waals surface area contributed by atoms with Crippen LogP contribution in [0.3, 0.4) is 0 Å². The first kappa shape index (κ1) is 21.4. The van der Waals surface area contributed by atoms with Gasteiger partial charge in [-0.25, -0.2) is 0 Å². The van der Waals surface area contributed by atoms with E-state index in [-0.39, 0.29) is 37.2 Å². The third-order valence-electron chi connectivity index (χ3n) is 4.64. The van der Waals surface area contributed by atoms with Gasteiger partial charge < -0.3 is 25.4 Å². The van der Waals surface area contributed by atoms with Crippen molar-refractivity contribution in [2.24, 2.45) is 5.92 Å². The first-order valence-electron chi connectivity index (χ1n) is 8.62. The molecule has 2 aromatic carbocycles. The highest BCUT2D eigenvalue weighted by molar-refractivity contribution is 6.05. The summed E-state index contributed by atoms with van der Waals surface area (Å²) in [6.45, 7) is 2.23. The maximum Gasteiger partial charge on any atom is 0.229 e. The molecule has 7 nitrogen and oxygen atoms in total. The van der Waals surface area contributed by atoms with E-state index in [4.69, 9.17) is 15.2 Å². The van der Waals surface area contributed by atoms with Crippen molar-refractivity contribution in [3.8, 4) is 11.5 Å². The van der Waals surface area contributed by atoms with Crippen molar-refractivity contribution in [1.29, 1.82) is 0 Å². The summed E-state index contributed by atoms with van der Waals surface area (Å²) in [6, 6.07) is 10.7. The largest absolute Gasteiger partial charge is 0.497 e. The lowest BCUT2D eigenvalue weighted by Gasteiger charge is -2.20. The molecule has 1 unspecified atom stereocenters. The van der Waals surface area contributed by atoms with Crippen molar-refractivity contribution < 1.29 is 19.1 Å². The van der Waals surface area contributed by atoms with Crippen LogP contribution in [-0.4, -0.2) is 32.6 Å². The molecule has 2 amide bonds. The molecule has 1 heterocycles. The third kappa shape index (κ3) is 4.31. The summed E-state index contributed by atoms with van der Waals surface area (Å²) in [5.74, 6) is 0.351. The maximum absolute atomic E-state index is 12.7. The van der Waals surface area contributed by atoms with E-state index in [9.17, 15) is 9.59 Å². The minimum atomic E-state index is -0.478. The van der Waals surface area contributed by atoms with E-state index in [0.717, 1.165) is 5.56 Å². The molecule has 0 radical (unpaired) electrons. The van der Waals surface area contributed by atoms with E-state index in [1.165, 1.54) is 0 Å². The number of hydrogen-bond acceptors (Lipinski definition) is 5. The molecule has 28 heavy (non-hydrogen) atoms. The number of nitrogens with one attached hydrogen (secondary N) is 1. The Labute approximate surface area is 170 Å². The number of carbonyl (C=O) groups excluding carboxylic acids is 2. The summed E-state index contributed by atoms with van der Waals surface area (Å²) >= 11 is 0. The molecule has 0 saturated carbocycles. The Bertz CT molecular complexity index is 888. The number of ether oxygens (including phenoxy) is 2. The monoisotopic (exact) mass is 405 g/mol. The first-order valence-corrected chi connectivity index (χ1v) is 8.62. The van der Waals surface area contributed by atoms with Crippen molar-refractivity contribution >= 4 is 41.3 Å². The van der Waals surface area contributed by atoms with Crippen LogP contribution in [0.5, 0.6) is 11.5 Å². The van der Waals surface area contributed by atoms with Gasteiger partial charge in [-0.05, 0) is 36.8 Å². The van der Waals surface area contributed by atoms with Crippen LogP contribution in [0.4, 0.5) is 17.1 Å². The minimum Gasteiger partial charge on any atom is -0.497 e. The Balaban J connectivity index is 0.00000280. The molecule has 1 atom stereocenters. The van der Waals surface area contributed by atoms with Crippen LogP contribution in [0.25, 0.3) is 0 Å². The molecular formula is C20H24ClN3O4. The van der Waals surface area contributed by atoms with Gasteiger partial charge >= 0.3 is 0 Å². The maximum atomic E-state index is 12.7. The molecule has 150 valence electrons. The van der Waals surface area contributed by atoms with Crippen molar-refractivity contribution in [2.75, 3.05) is 36.7 Å². The second-order valence-electron chi connectivity index (χ2n) is 6.52. The molecule has 0 spiro atoms. The summed E-state index contributed by atoms with van der Waals surface area (Å²) in [5, 5.41) is 2.81. The van der Waals surface area contributed by atoms with E-state index in [2.05, 4.69) is 5.32 Å². The number of amides is 2. The molecule has 0 bridgehead atoms. The molecule has 1 aliphatic rings. The number of anilines is 3. The fraction of sp³-hybridized carbons (Fsp3) is 0.300. The van der Waals surface area contributed by atoms with E-state index < -0.39 is 5.92 Å². The van der Waals surface area contributed by atoms with Crippen LogP contribution >= 0.6 is 12.4 Å². The Morgan fingerprint density at radius 3 is 2.61 bits per heavy atom. The number of carbonyl (C=O) groups is 2. The topological polar surface area (TPSA) is 93.9 Å². The van der Waals surface area contributed by atoms with Crippen LogP contribution in [0.2, 0.25) is 0 Å². The summed E-state index contributed by atoms with van der Waals surface area (Å²) < 4.78 is 10.5. The second kappa shape index (κ2) is 8.84. The van der Waals surface area contributed by atoms with Crippen LogP contribution < -0.4 is 25.4 Å². The van der Waals surface area contributed by atoms with Crippen LogP contribution in [0.1, 0.15) is 12.0 Å². The van der Waals surface area contributed by atoms with Crippen molar-refractivity contribution in [2.45, 2.75) is 13.3 Å². The molecule has 1 aliphatic heterocycles. The predicted molar refractivity (Wildman–Crippen MR) is 111 cm³/mol. The summed E-state index contributed by atoms with van der Waals surface area (Å²) in [6.07, 6.45) is 0.132. The Morgan fingerprint density at radius 1 is 1.18 bits per heavy atom. The van der Waals surface area contributed by atoms with Crippen LogP contribution in [0, 0.1) is 12.8 Å². The van der Waals surface area contributed by atoms with Gasteiger partial charge in [0.2, 0.25) is 11.8 Å². The van der Waals surface area contributed by atoms with Gasteiger partial charge in [-0.1, -0.05) is 6.07 Å². The smallest absolute Gasteiger partial charge is 0.229 e. The average molecular weight is 406 g/mol. The molecule has 1 saturated heterocycles. The van der Waals surface area contributed by atoms with Gasteiger partial charge in [-0.15, -0.1) is 12.4 Å². The minimum absolute atomic E-state index is 0. The van der Waals surface area contributed by atoms with Crippen molar-refractivity contribution in [3.05, 3.63) is 42.0 Å². The lowest BCUT2D eigenvalue weighted by atomic mass is 10.1. The highest BCUT2D eigenvalue weighted by atomic mass is 35.5. The number of methoxy groups -OCH3 is 2. The van der Waals surface area contributed by atoms with Gasteiger partial charge in [0.25, 0.3) is 0 Å². The molecular weight excluding hydrogens is 382 g/mol. The molecule has 3 rings (SSSR count). The molecule has 0 aromatic heterocycles. The van der Waals surface area contributed by atoms with Gasteiger partial charge in [0, 0.05) is 19.0 Å². The third-order valence-corrected chi connectivity index (χ3v) is 4.64. The second-order valence-corrected chi connectivity index (χ2v) is 6.52. The average Bonchev–Trinajstić information content (AvgIpc) is 3.05. The highest BCUT2D eigenvalue weighted by Crippen LogP contribution is 2.34. The zero-order chi connectivity index (χ0) is 19.6. The van der Waals surface area contributed by atoms with E-state index in [0.29, 0.717) is 28.6 Å². The Morgan fingerprint density at radius 2 is 1.93 bits per heavy atom. The Hall–Kier alpha value is -2.93. The summed E-state index contributed by atoms with van der Waals surface area (Å²) in [4.78, 5) is 26.8. The summed E-state index contributed by atoms with van der Waals surface area (Å²) in [7, 11) is 3.10. The number of halogens is 1. The summed E-state index contributed by atoms with van der Waals surface area (Å²) in [5.41, 5.74) is 8.52. The molecule has 8 heteroatoms. The number of nitrogens with zero attached hydrogens (tertiary/aromatic N) is 1. The number of rotatable bonds is 5. The van der Waals surface area contributed by atoms with Gasteiger partial charge in [0.1, 0.15) is 11.5 Å². The van der Waals surface area contributed by atoms with Gasteiger partial charge in [0.05, 0.1) is 37.2 Å². The zero-order valence-corrected chi connectivity index (χ0v) is 16.8. The molecule has 0 aliphatic carbocycles. The van der Waals surface area contributed by atoms with Gasteiger partial charge in [-0.3, -0.25) is 9.59 Å². The van der Waals surface area contributed by atoms with Crippen molar-refractivity contribution in [1.82, 2.24) is 0 Å². The van der Waals surface area contributed by atoms with E-state index in [1.807, 2.05) is 25.1 Å². The molecule has 2 aromatic rings. The van der Waals surface area contributed by atoms with Crippen molar-refractivity contribution in [3.63, 3.8) is 0 Å². The molecule has 1 fully saturated rings. The number of nitrogens with two attached hydrogens (primary N) is 1. The van der Waals surface area contributed by atoms with E-state index in [1.54, 1.807) is 37.3 Å². The lowest BCUT2D eigenvalue weighted by molar-refractivity contribution is -0.122. The lowest BCUT2D eigenvalue weighted by Crippen LogP contribution is -2.28. The number of nitrogen functional groups attached to an aromatic ring is 1. The number of aryl methyl sites for hydroxylation is 1. The predicted octanol–water partition coefficient (Wildman–Crippen LogP) is 3.01. The first-order chi connectivity index (χ1) is 12.9. The normalized spacial score (nSPS) is 15.8. The fourth-order valence-electron chi connectivity index (χ4n) is 3.13. The van der Waals surface area contributed by atoms with Crippen LogP contribution in [0.15, 0.2) is 36.4 Å². The Kier molecular flexibility index (Phi) is 6.75. The SMILES string of the molecule is COc1ccc(N)c(NC(=O)C2CC(=O)N(c3cc(C)ccc3OC)C2)c1.Cl. The van der Waals surface area contributed by atoms with Gasteiger partial charge in [0.15, 0.2) is 0 Å². The quantitative estimate of drug-likeness (QED) is 0.746. The van der Waals surface area contributed by atoms with Gasteiger partial charge in [-0.2, -0.15) is 0 Å².